The van der Waals surface area contributed by atoms with Crippen LogP contribution >= 0.6 is 0 Å². The van der Waals surface area contributed by atoms with E-state index in [-0.39, 0.29) is 0 Å². The Morgan fingerprint density at radius 1 is 0.762 bits per heavy atom. The fourth-order valence-electron chi connectivity index (χ4n) is 6.19. The molecule has 0 unspecified atom stereocenters. The van der Waals surface area contributed by atoms with Gasteiger partial charge in [0.1, 0.15) is 16.8 Å². The maximum Gasteiger partial charge on any atom is 0.247 e. The standard InChI is InChI=1S/C37H22N4O/c1-2-10-26-22-32-29(21-25(26)9-1)27-11-3-5-14-31(27)41(32)36-34(24-18-16-23(17-19-24)30-13-7-8-20-38-30)40-37-35(39-36)28-12-4-6-15-33(28)42-37/h1-4,6-13,15-16,18,20-22H,5,14H2. The maximum atomic E-state index is 6.21. The maximum absolute atomic E-state index is 6.21. The summed E-state index contributed by atoms with van der Waals surface area (Å²) in [5, 5.41) is 4.57. The van der Waals surface area contributed by atoms with Crippen LogP contribution < -0.4 is 0 Å². The van der Waals surface area contributed by atoms with Gasteiger partial charge >= 0.3 is 0 Å². The van der Waals surface area contributed by atoms with E-state index in [0.29, 0.717) is 11.4 Å². The minimum Gasteiger partial charge on any atom is -0.436 e. The molecule has 5 heteroatoms. The van der Waals surface area contributed by atoms with Crippen LogP contribution in [-0.4, -0.2) is 19.5 Å². The van der Waals surface area contributed by atoms with E-state index >= 15 is 0 Å². The molecule has 0 radical (unpaired) electrons. The number of pyridine rings is 1. The summed E-state index contributed by atoms with van der Waals surface area (Å²) in [5.41, 5.74) is 8.84. The van der Waals surface area contributed by atoms with Crippen molar-refractivity contribution in [3.8, 4) is 28.3 Å². The number of hydrogen-bond acceptors (Lipinski definition) is 4. The van der Waals surface area contributed by atoms with E-state index in [1.165, 1.54) is 27.4 Å². The predicted octanol–water partition coefficient (Wildman–Crippen LogP) is 8.76. The molecule has 0 fully saturated rings. The van der Waals surface area contributed by atoms with Gasteiger partial charge in [-0.15, -0.1) is 0 Å². The first-order chi connectivity index (χ1) is 20.8. The average Bonchev–Trinajstić information content (AvgIpc) is 3.58. The highest BCUT2D eigenvalue weighted by atomic mass is 16.3. The number of aromatic nitrogens is 4. The molecule has 0 spiro atoms. The molecule has 0 saturated carbocycles. The summed E-state index contributed by atoms with van der Waals surface area (Å²) in [6.45, 7) is 0. The molecule has 1 aliphatic rings. The molecule has 0 atom stereocenters. The molecule has 0 aliphatic heterocycles. The fourth-order valence-corrected chi connectivity index (χ4v) is 6.19. The summed E-state index contributed by atoms with van der Waals surface area (Å²) >= 11 is 0. The monoisotopic (exact) mass is 538 g/mol. The lowest BCUT2D eigenvalue weighted by molar-refractivity contribution is 0.653. The van der Waals surface area contributed by atoms with Crippen molar-refractivity contribution in [3.63, 3.8) is 0 Å². The van der Waals surface area contributed by atoms with E-state index in [1.807, 2.05) is 54.6 Å². The number of nitrogens with zero attached hydrogens (tertiary/aromatic N) is 4. The average molecular weight is 539 g/mol. The van der Waals surface area contributed by atoms with Crippen LogP contribution in [0.5, 0.6) is 0 Å². The molecule has 9 rings (SSSR count). The quantitative estimate of drug-likeness (QED) is 0.226. The van der Waals surface area contributed by atoms with Gasteiger partial charge < -0.3 is 4.42 Å². The number of hydrogen-bond donors (Lipinski definition) is 0. The highest BCUT2D eigenvalue weighted by Gasteiger charge is 2.25. The van der Waals surface area contributed by atoms with E-state index in [9.17, 15) is 0 Å². The van der Waals surface area contributed by atoms with Crippen molar-refractivity contribution in [1.29, 1.82) is 0 Å². The molecule has 5 nitrogen and oxygen atoms in total. The van der Waals surface area contributed by atoms with Gasteiger partial charge in [0.25, 0.3) is 0 Å². The fraction of sp³-hybridized carbons (Fsp3) is 0.0541. The second-order valence-electron chi connectivity index (χ2n) is 10.6. The lowest BCUT2D eigenvalue weighted by atomic mass is 10.0. The zero-order valence-electron chi connectivity index (χ0n) is 22.5. The van der Waals surface area contributed by atoms with Gasteiger partial charge in [0.15, 0.2) is 5.82 Å². The Morgan fingerprint density at radius 3 is 2.43 bits per heavy atom. The van der Waals surface area contributed by atoms with Gasteiger partial charge in [0.05, 0.1) is 22.3 Å². The Bertz CT molecular complexity index is 2340. The minimum atomic E-state index is 0.507. The van der Waals surface area contributed by atoms with E-state index in [0.717, 1.165) is 57.5 Å². The second kappa shape index (κ2) is 8.89. The molecule has 4 aromatic heterocycles. The smallest absolute Gasteiger partial charge is 0.247 e. The van der Waals surface area contributed by atoms with E-state index in [4.69, 9.17) is 14.4 Å². The van der Waals surface area contributed by atoms with Crippen LogP contribution in [0.25, 0.3) is 78.3 Å². The molecule has 0 amide bonds. The minimum absolute atomic E-state index is 0.507. The summed E-state index contributed by atoms with van der Waals surface area (Å²) in [5.74, 6) is 0.765. The first kappa shape index (κ1) is 23.0. The van der Waals surface area contributed by atoms with Gasteiger partial charge in [-0.1, -0.05) is 66.7 Å². The number of allylic oxidation sites excluding steroid dienone is 1. The van der Waals surface area contributed by atoms with Crippen molar-refractivity contribution in [1.82, 2.24) is 19.5 Å². The van der Waals surface area contributed by atoms with Crippen molar-refractivity contribution in [2.24, 2.45) is 0 Å². The molecule has 0 saturated heterocycles. The first-order valence-electron chi connectivity index (χ1n) is 14.1. The van der Waals surface area contributed by atoms with Gasteiger partial charge in [-0.3, -0.25) is 9.55 Å². The highest BCUT2D eigenvalue weighted by Crippen LogP contribution is 2.39. The van der Waals surface area contributed by atoms with E-state index in [2.05, 4.69) is 70.2 Å². The Kier molecular flexibility index (Phi) is 4.87. The van der Waals surface area contributed by atoms with Crippen LogP contribution in [0.1, 0.15) is 17.7 Å². The number of rotatable bonds is 3. The number of para-hydroxylation sites is 1. The Labute approximate surface area is 241 Å². The second-order valence-corrected chi connectivity index (χ2v) is 10.6. The largest absolute Gasteiger partial charge is 0.436 e. The van der Waals surface area contributed by atoms with Crippen LogP contribution in [0.4, 0.5) is 0 Å². The number of benzene rings is 3. The Hall–Kier alpha value is -5.73. The number of furan rings is 1. The summed E-state index contributed by atoms with van der Waals surface area (Å²) in [7, 11) is 0. The van der Waals surface area contributed by atoms with Crippen molar-refractivity contribution in [2.75, 3.05) is 0 Å². The van der Waals surface area contributed by atoms with Crippen LogP contribution in [0, 0.1) is 12.1 Å². The topological polar surface area (TPSA) is 56.7 Å². The third-order valence-corrected chi connectivity index (χ3v) is 8.16. The molecule has 0 N–H and O–H groups in total. The van der Waals surface area contributed by atoms with Crippen molar-refractivity contribution in [3.05, 3.63) is 127 Å². The Balaban J connectivity index is 1.36. The van der Waals surface area contributed by atoms with Crippen molar-refractivity contribution < 1.29 is 4.42 Å². The third kappa shape index (κ3) is 3.42. The van der Waals surface area contributed by atoms with E-state index in [1.54, 1.807) is 6.20 Å². The highest BCUT2D eigenvalue weighted by molar-refractivity contribution is 6.05. The van der Waals surface area contributed by atoms with Gasteiger partial charge in [-0.2, -0.15) is 0 Å². The van der Waals surface area contributed by atoms with Crippen LogP contribution in [0.2, 0.25) is 0 Å². The zero-order chi connectivity index (χ0) is 27.6. The zero-order valence-corrected chi connectivity index (χ0v) is 22.5. The van der Waals surface area contributed by atoms with Crippen molar-refractivity contribution in [2.45, 2.75) is 12.8 Å². The molecule has 4 heterocycles. The predicted molar refractivity (Wildman–Crippen MR) is 167 cm³/mol. The lowest BCUT2D eigenvalue weighted by Crippen LogP contribution is -2.08. The van der Waals surface area contributed by atoms with Gasteiger partial charge in [0.2, 0.25) is 5.71 Å². The number of fused-ring (bicyclic) bond motifs is 7. The van der Waals surface area contributed by atoms with Gasteiger partial charge in [-0.05, 0) is 72.1 Å². The van der Waals surface area contributed by atoms with Gasteiger partial charge in [0, 0.05) is 28.2 Å². The molecular weight excluding hydrogens is 516 g/mol. The Morgan fingerprint density at radius 2 is 1.57 bits per heavy atom. The van der Waals surface area contributed by atoms with Crippen LogP contribution in [0.15, 0.2) is 108 Å². The first-order valence-corrected chi connectivity index (χ1v) is 14.1. The van der Waals surface area contributed by atoms with Crippen LogP contribution in [0.3, 0.4) is 0 Å². The third-order valence-electron chi connectivity index (χ3n) is 8.16. The van der Waals surface area contributed by atoms with Gasteiger partial charge in [-0.25, -0.2) is 9.97 Å². The normalized spacial score (nSPS) is 12.8. The molecule has 4 aromatic carbocycles. The molecular formula is C37H22N4O. The van der Waals surface area contributed by atoms with E-state index < -0.39 is 0 Å². The summed E-state index contributed by atoms with van der Waals surface area (Å²) < 4.78 is 8.52. The summed E-state index contributed by atoms with van der Waals surface area (Å²) in [4.78, 5) is 14.9. The molecule has 0 bridgehead atoms. The summed E-state index contributed by atoms with van der Waals surface area (Å²) in [6, 6.07) is 37.7. The molecule has 1 aliphatic carbocycles. The molecule has 196 valence electrons. The van der Waals surface area contributed by atoms with Crippen LogP contribution in [-0.2, 0) is 6.42 Å². The molecule has 8 aromatic rings. The lowest BCUT2D eigenvalue weighted by Gasteiger charge is -2.15. The summed E-state index contributed by atoms with van der Waals surface area (Å²) in [6.07, 6.45) is 8.19. The molecule has 42 heavy (non-hydrogen) atoms. The SMILES string of the molecule is c1c(-c2ccccn2)ccc(-c2nc3oc4ccccc4c3nc2-n2c3c(c4cc5ccccc5cc42)C=CCC3)c#1. The van der Waals surface area contributed by atoms with Crippen molar-refractivity contribution >= 4 is 50.0 Å².